The Morgan fingerprint density at radius 1 is 1.45 bits per heavy atom. The van der Waals surface area contributed by atoms with E-state index in [1.807, 2.05) is 20.8 Å². The van der Waals surface area contributed by atoms with Crippen molar-refractivity contribution < 1.29 is 14.8 Å². The first-order chi connectivity index (χ1) is 9.41. The molecule has 0 aliphatic heterocycles. The number of nitrogens with zero attached hydrogens (tertiary/aromatic N) is 1. The van der Waals surface area contributed by atoms with Crippen LogP contribution in [-0.4, -0.2) is 28.8 Å². The van der Waals surface area contributed by atoms with Gasteiger partial charge in [0.15, 0.2) is 5.75 Å². The Morgan fingerprint density at radius 2 is 2.15 bits per heavy atom. The van der Waals surface area contributed by atoms with E-state index in [0.717, 1.165) is 6.42 Å². The molecular weight excluding hydrogens is 260 g/mol. The maximum atomic E-state index is 11.3. The maximum Gasteiger partial charge on any atom is 0.333 e. The van der Waals surface area contributed by atoms with Gasteiger partial charge in [0.25, 0.3) is 0 Å². The van der Waals surface area contributed by atoms with Crippen LogP contribution in [0.3, 0.4) is 0 Å². The molecule has 20 heavy (non-hydrogen) atoms. The van der Waals surface area contributed by atoms with Crippen molar-refractivity contribution in [2.45, 2.75) is 39.2 Å². The largest absolute Gasteiger partial charge is 0.487 e. The van der Waals surface area contributed by atoms with E-state index in [1.54, 1.807) is 18.2 Å². The SMILES string of the molecule is CCCOc1cccc(NC(C)(C)CCO)c1[N+](=O)[O-]. The van der Waals surface area contributed by atoms with Crippen LogP contribution in [0.25, 0.3) is 0 Å². The summed E-state index contributed by atoms with van der Waals surface area (Å²) in [7, 11) is 0. The molecule has 0 bridgehead atoms. The Morgan fingerprint density at radius 3 is 2.70 bits per heavy atom. The summed E-state index contributed by atoms with van der Waals surface area (Å²) in [5.74, 6) is 0.265. The number of hydrogen-bond acceptors (Lipinski definition) is 5. The first-order valence-electron chi connectivity index (χ1n) is 6.70. The van der Waals surface area contributed by atoms with Crippen LogP contribution in [0.15, 0.2) is 18.2 Å². The molecule has 0 aliphatic carbocycles. The average Bonchev–Trinajstić information content (AvgIpc) is 2.35. The highest BCUT2D eigenvalue weighted by molar-refractivity contribution is 5.69. The summed E-state index contributed by atoms with van der Waals surface area (Å²) in [5, 5.41) is 23.4. The van der Waals surface area contributed by atoms with Crippen LogP contribution in [0.4, 0.5) is 11.4 Å². The molecule has 0 amide bonds. The zero-order valence-corrected chi connectivity index (χ0v) is 12.2. The molecule has 0 saturated heterocycles. The molecular formula is C14H22N2O4. The van der Waals surface area contributed by atoms with E-state index in [0.29, 0.717) is 18.7 Å². The van der Waals surface area contributed by atoms with E-state index in [4.69, 9.17) is 9.84 Å². The van der Waals surface area contributed by atoms with Gasteiger partial charge in [0.2, 0.25) is 0 Å². The third-order valence-electron chi connectivity index (χ3n) is 2.85. The zero-order valence-electron chi connectivity index (χ0n) is 12.2. The molecule has 1 aromatic carbocycles. The van der Waals surface area contributed by atoms with Crippen LogP contribution in [0.5, 0.6) is 5.75 Å². The van der Waals surface area contributed by atoms with Gasteiger partial charge in [0.05, 0.1) is 11.5 Å². The minimum absolute atomic E-state index is 0.0137. The van der Waals surface area contributed by atoms with E-state index in [1.165, 1.54) is 0 Å². The summed E-state index contributed by atoms with van der Waals surface area (Å²) < 4.78 is 5.43. The highest BCUT2D eigenvalue weighted by Gasteiger charge is 2.25. The van der Waals surface area contributed by atoms with Crippen molar-refractivity contribution in [3.05, 3.63) is 28.3 Å². The molecule has 2 N–H and O–H groups in total. The number of nitro benzene ring substituents is 1. The first-order valence-corrected chi connectivity index (χ1v) is 6.70. The molecule has 0 aromatic heterocycles. The minimum Gasteiger partial charge on any atom is -0.487 e. The molecule has 0 atom stereocenters. The second kappa shape index (κ2) is 7.09. The third kappa shape index (κ3) is 4.38. The second-order valence-corrected chi connectivity index (χ2v) is 5.24. The number of benzene rings is 1. The molecule has 6 nitrogen and oxygen atoms in total. The molecule has 0 aliphatic rings. The Labute approximate surface area is 118 Å². The quantitative estimate of drug-likeness (QED) is 0.565. The number of ether oxygens (including phenoxy) is 1. The van der Waals surface area contributed by atoms with Gasteiger partial charge in [-0.2, -0.15) is 0 Å². The normalized spacial score (nSPS) is 11.2. The highest BCUT2D eigenvalue weighted by atomic mass is 16.6. The van der Waals surface area contributed by atoms with Gasteiger partial charge in [0.1, 0.15) is 5.69 Å². The molecule has 0 radical (unpaired) electrons. The van der Waals surface area contributed by atoms with Crippen molar-refractivity contribution >= 4 is 11.4 Å². The van der Waals surface area contributed by atoms with E-state index < -0.39 is 10.5 Å². The van der Waals surface area contributed by atoms with Gasteiger partial charge in [-0.15, -0.1) is 0 Å². The summed E-state index contributed by atoms with van der Waals surface area (Å²) in [6, 6.07) is 4.96. The summed E-state index contributed by atoms with van der Waals surface area (Å²) in [4.78, 5) is 10.8. The summed E-state index contributed by atoms with van der Waals surface area (Å²) in [5.41, 5.74) is -0.0999. The van der Waals surface area contributed by atoms with Crippen molar-refractivity contribution in [3.63, 3.8) is 0 Å². The van der Waals surface area contributed by atoms with Gasteiger partial charge in [-0.1, -0.05) is 13.0 Å². The number of anilines is 1. The zero-order chi connectivity index (χ0) is 15.2. The lowest BCUT2D eigenvalue weighted by Gasteiger charge is -2.26. The lowest BCUT2D eigenvalue weighted by atomic mass is 10.0. The lowest BCUT2D eigenvalue weighted by molar-refractivity contribution is -0.385. The van der Waals surface area contributed by atoms with Crippen LogP contribution in [0.2, 0.25) is 0 Å². The standard InChI is InChI=1S/C14H22N2O4/c1-4-10-20-12-7-5-6-11(13(12)16(18)19)15-14(2,3)8-9-17/h5-7,15,17H,4,8-10H2,1-3H3. The van der Waals surface area contributed by atoms with Crippen LogP contribution >= 0.6 is 0 Å². The van der Waals surface area contributed by atoms with Crippen molar-refractivity contribution in [2.24, 2.45) is 0 Å². The number of aliphatic hydroxyl groups excluding tert-OH is 1. The average molecular weight is 282 g/mol. The second-order valence-electron chi connectivity index (χ2n) is 5.24. The Balaban J connectivity index is 3.09. The fourth-order valence-electron chi connectivity index (χ4n) is 1.85. The Kier molecular flexibility index (Phi) is 5.76. The highest BCUT2D eigenvalue weighted by Crippen LogP contribution is 2.36. The fraction of sp³-hybridized carbons (Fsp3) is 0.571. The van der Waals surface area contributed by atoms with Gasteiger partial charge < -0.3 is 15.2 Å². The number of nitro groups is 1. The van der Waals surface area contributed by atoms with E-state index in [2.05, 4.69) is 5.32 Å². The predicted molar refractivity (Wildman–Crippen MR) is 78.3 cm³/mol. The van der Waals surface area contributed by atoms with Crippen LogP contribution in [0, 0.1) is 10.1 Å². The van der Waals surface area contributed by atoms with Gasteiger partial charge in [-0.25, -0.2) is 0 Å². The van der Waals surface area contributed by atoms with Crippen molar-refractivity contribution in [1.82, 2.24) is 0 Å². The summed E-state index contributed by atoms with van der Waals surface area (Å²) >= 11 is 0. The first kappa shape index (κ1) is 16.2. The van der Waals surface area contributed by atoms with Gasteiger partial charge in [-0.05, 0) is 38.8 Å². The smallest absolute Gasteiger partial charge is 0.333 e. The maximum absolute atomic E-state index is 11.3. The Hall–Kier alpha value is -1.82. The van der Waals surface area contributed by atoms with Crippen LogP contribution in [0.1, 0.15) is 33.6 Å². The number of aliphatic hydroxyl groups is 1. The fourth-order valence-corrected chi connectivity index (χ4v) is 1.85. The van der Waals surface area contributed by atoms with Gasteiger partial charge in [-0.3, -0.25) is 10.1 Å². The monoisotopic (exact) mass is 282 g/mol. The van der Waals surface area contributed by atoms with Gasteiger partial charge in [0, 0.05) is 12.1 Å². The molecule has 1 aromatic rings. The van der Waals surface area contributed by atoms with Crippen LogP contribution in [-0.2, 0) is 0 Å². The van der Waals surface area contributed by atoms with Crippen molar-refractivity contribution in [1.29, 1.82) is 0 Å². The molecule has 6 heteroatoms. The van der Waals surface area contributed by atoms with E-state index in [-0.39, 0.29) is 18.0 Å². The van der Waals surface area contributed by atoms with Gasteiger partial charge >= 0.3 is 5.69 Å². The number of nitrogens with one attached hydrogen (secondary N) is 1. The molecule has 0 unspecified atom stereocenters. The number of rotatable bonds is 8. The molecule has 1 rings (SSSR count). The molecule has 0 saturated carbocycles. The molecule has 0 fully saturated rings. The lowest BCUT2D eigenvalue weighted by Crippen LogP contribution is -2.32. The Bertz CT molecular complexity index is 460. The predicted octanol–water partition coefficient (Wildman–Crippen LogP) is 2.96. The van der Waals surface area contributed by atoms with Crippen molar-refractivity contribution in [2.75, 3.05) is 18.5 Å². The van der Waals surface area contributed by atoms with E-state index >= 15 is 0 Å². The van der Waals surface area contributed by atoms with Crippen molar-refractivity contribution in [3.8, 4) is 5.75 Å². The van der Waals surface area contributed by atoms with E-state index in [9.17, 15) is 10.1 Å². The number of hydrogen-bond donors (Lipinski definition) is 2. The summed E-state index contributed by atoms with van der Waals surface area (Å²) in [6.45, 7) is 6.15. The number of para-hydroxylation sites is 1. The molecule has 0 spiro atoms. The minimum atomic E-state index is -0.442. The third-order valence-corrected chi connectivity index (χ3v) is 2.85. The summed E-state index contributed by atoms with van der Waals surface area (Å²) in [6.07, 6.45) is 1.27. The topological polar surface area (TPSA) is 84.6 Å². The van der Waals surface area contributed by atoms with Crippen LogP contribution < -0.4 is 10.1 Å². The molecule has 112 valence electrons. The molecule has 0 heterocycles.